The fourth-order valence-corrected chi connectivity index (χ4v) is 3.24. The number of ether oxygens (including phenoxy) is 2. The lowest BCUT2D eigenvalue weighted by Crippen LogP contribution is -2.15. The van der Waals surface area contributed by atoms with Gasteiger partial charge in [0, 0.05) is 27.4 Å². The largest absolute Gasteiger partial charge is 0.486 e. The average molecular weight is 308 g/mol. The van der Waals surface area contributed by atoms with Crippen LogP contribution in [0.1, 0.15) is 5.56 Å². The summed E-state index contributed by atoms with van der Waals surface area (Å²) in [5.41, 5.74) is 7.85. The van der Waals surface area contributed by atoms with Crippen molar-refractivity contribution in [2.24, 2.45) is 0 Å². The maximum absolute atomic E-state index is 6.16. The number of rotatable bonds is 3. The SMILES string of the molecule is Nc1cc2c(cc1SCc1ccccc1Cl)OCCO2. The zero-order valence-corrected chi connectivity index (χ0v) is 12.3. The van der Waals surface area contributed by atoms with Crippen LogP contribution in [0.5, 0.6) is 11.5 Å². The Hall–Kier alpha value is -1.52. The number of fused-ring (bicyclic) bond motifs is 1. The van der Waals surface area contributed by atoms with Gasteiger partial charge in [-0.3, -0.25) is 0 Å². The minimum Gasteiger partial charge on any atom is -0.486 e. The van der Waals surface area contributed by atoms with Gasteiger partial charge in [0.1, 0.15) is 13.2 Å². The Bertz CT molecular complexity index is 633. The van der Waals surface area contributed by atoms with Crippen molar-refractivity contribution >= 4 is 29.1 Å². The number of hydrogen-bond acceptors (Lipinski definition) is 4. The Balaban J connectivity index is 1.79. The van der Waals surface area contributed by atoms with Crippen molar-refractivity contribution in [3.63, 3.8) is 0 Å². The molecule has 0 amide bonds. The molecule has 0 unspecified atom stereocenters. The lowest BCUT2D eigenvalue weighted by Gasteiger charge is -2.20. The molecule has 0 saturated heterocycles. The molecule has 0 atom stereocenters. The minimum absolute atomic E-state index is 0.568. The fourth-order valence-electron chi connectivity index (χ4n) is 1.98. The lowest BCUT2D eigenvalue weighted by molar-refractivity contribution is 0.171. The molecule has 1 aliphatic heterocycles. The molecule has 2 N–H and O–H groups in total. The Labute approximate surface area is 127 Å². The first-order valence-corrected chi connectivity index (χ1v) is 7.66. The Morgan fingerprint density at radius 2 is 1.80 bits per heavy atom. The molecule has 0 radical (unpaired) electrons. The molecular formula is C15H14ClNO2S. The smallest absolute Gasteiger partial charge is 0.163 e. The molecule has 0 bridgehead atoms. The van der Waals surface area contributed by atoms with Crippen LogP contribution in [0.2, 0.25) is 5.02 Å². The zero-order valence-electron chi connectivity index (χ0n) is 10.8. The Morgan fingerprint density at radius 1 is 1.10 bits per heavy atom. The van der Waals surface area contributed by atoms with Gasteiger partial charge >= 0.3 is 0 Å². The number of thioether (sulfide) groups is 1. The molecule has 3 nitrogen and oxygen atoms in total. The molecule has 2 aromatic carbocycles. The maximum atomic E-state index is 6.16. The summed E-state index contributed by atoms with van der Waals surface area (Å²) in [7, 11) is 0. The van der Waals surface area contributed by atoms with Gasteiger partial charge in [0.2, 0.25) is 0 Å². The van der Waals surface area contributed by atoms with Crippen molar-refractivity contribution in [1.29, 1.82) is 0 Å². The maximum Gasteiger partial charge on any atom is 0.163 e. The summed E-state index contributed by atoms with van der Waals surface area (Å²) in [6.07, 6.45) is 0. The zero-order chi connectivity index (χ0) is 13.9. The van der Waals surface area contributed by atoms with Crippen molar-refractivity contribution in [3.05, 3.63) is 47.0 Å². The molecule has 0 aromatic heterocycles. The first-order valence-electron chi connectivity index (χ1n) is 6.29. The van der Waals surface area contributed by atoms with Gasteiger partial charge in [-0.05, 0) is 17.7 Å². The molecule has 2 aromatic rings. The molecule has 5 heteroatoms. The first kappa shape index (κ1) is 13.5. The third-order valence-electron chi connectivity index (χ3n) is 3.02. The van der Waals surface area contributed by atoms with Crippen LogP contribution in [0.4, 0.5) is 5.69 Å². The van der Waals surface area contributed by atoms with Gasteiger partial charge in [-0.2, -0.15) is 0 Å². The molecule has 104 valence electrons. The van der Waals surface area contributed by atoms with E-state index in [1.165, 1.54) is 0 Å². The highest BCUT2D eigenvalue weighted by molar-refractivity contribution is 7.98. The highest BCUT2D eigenvalue weighted by Gasteiger charge is 2.15. The van der Waals surface area contributed by atoms with E-state index >= 15 is 0 Å². The number of nitrogens with two attached hydrogens (primary N) is 1. The minimum atomic E-state index is 0.568. The molecule has 0 spiro atoms. The van der Waals surface area contributed by atoms with E-state index < -0.39 is 0 Å². The summed E-state index contributed by atoms with van der Waals surface area (Å²) in [6, 6.07) is 11.6. The first-order chi connectivity index (χ1) is 9.74. The van der Waals surface area contributed by atoms with E-state index in [9.17, 15) is 0 Å². The van der Waals surface area contributed by atoms with Crippen LogP contribution >= 0.6 is 23.4 Å². The van der Waals surface area contributed by atoms with Crippen LogP contribution in [0.25, 0.3) is 0 Å². The van der Waals surface area contributed by atoms with Crippen molar-refractivity contribution in [2.45, 2.75) is 10.6 Å². The van der Waals surface area contributed by atoms with E-state index in [4.69, 9.17) is 26.8 Å². The molecule has 0 aliphatic carbocycles. The molecule has 1 aliphatic rings. The number of hydrogen-bond donors (Lipinski definition) is 1. The van der Waals surface area contributed by atoms with Gasteiger partial charge in [-0.25, -0.2) is 0 Å². The number of nitrogen functional groups attached to an aromatic ring is 1. The topological polar surface area (TPSA) is 44.5 Å². The second kappa shape index (κ2) is 5.85. The summed E-state index contributed by atoms with van der Waals surface area (Å²) < 4.78 is 11.1. The molecule has 3 rings (SSSR count). The number of anilines is 1. The average Bonchev–Trinajstić information content (AvgIpc) is 2.46. The van der Waals surface area contributed by atoms with Gasteiger partial charge in [0.25, 0.3) is 0 Å². The van der Waals surface area contributed by atoms with Crippen molar-refractivity contribution in [3.8, 4) is 11.5 Å². The van der Waals surface area contributed by atoms with Gasteiger partial charge in [-0.15, -0.1) is 11.8 Å². The van der Waals surface area contributed by atoms with Gasteiger partial charge in [-0.1, -0.05) is 29.8 Å². The predicted molar refractivity (Wildman–Crippen MR) is 82.9 cm³/mol. The summed E-state index contributed by atoms with van der Waals surface area (Å²) >= 11 is 7.80. The molecule has 0 saturated carbocycles. The third kappa shape index (κ3) is 2.81. The van der Waals surface area contributed by atoms with Gasteiger partial charge in [0.05, 0.1) is 0 Å². The Morgan fingerprint density at radius 3 is 2.55 bits per heavy atom. The molecule has 0 fully saturated rings. The highest BCUT2D eigenvalue weighted by Crippen LogP contribution is 2.39. The fraction of sp³-hybridized carbons (Fsp3) is 0.200. The van der Waals surface area contributed by atoms with Crippen LogP contribution in [0.3, 0.4) is 0 Å². The summed E-state index contributed by atoms with van der Waals surface area (Å²) in [5, 5.41) is 0.774. The van der Waals surface area contributed by atoms with Crippen LogP contribution in [0, 0.1) is 0 Å². The van der Waals surface area contributed by atoms with E-state index in [1.807, 2.05) is 36.4 Å². The van der Waals surface area contributed by atoms with Crippen LogP contribution < -0.4 is 15.2 Å². The van der Waals surface area contributed by atoms with Crippen molar-refractivity contribution < 1.29 is 9.47 Å². The summed E-state index contributed by atoms with van der Waals surface area (Å²) in [4.78, 5) is 0.981. The van der Waals surface area contributed by atoms with Crippen LogP contribution in [0.15, 0.2) is 41.3 Å². The van der Waals surface area contributed by atoms with Crippen LogP contribution in [-0.4, -0.2) is 13.2 Å². The third-order valence-corrected chi connectivity index (χ3v) is 4.50. The van der Waals surface area contributed by atoms with E-state index in [1.54, 1.807) is 11.8 Å². The van der Waals surface area contributed by atoms with E-state index in [-0.39, 0.29) is 0 Å². The quantitative estimate of drug-likeness (QED) is 0.688. The van der Waals surface area contributed by atoms with E-state index in [0.29, 0.717) is 18.9 Å². The van der Waals surface area contributed by atoms with Crippen LogP contribution in [-0.2, 0) is 5.75 Å². The van der Waals surface area contributed by atoms with Gasteiger partial charge < -0.3 is 15.2 Å². The molecule has 20 heavy (non-hydrogen) atoms. The van der Waals surface area contributed by atoms with Gasteiger partial charge in [0.15, 0.2) is 11.5 Å². The Kier molecular flexibility index (Phi) is 3.94. The summed E-state index contributed by atoms with van der Waals surface area (Å²) in [6.45, 7) is 1.14. The predicted octanol–water partition coefficient (Wildman–Crippen LogP) is 3.99. The number of halogens is 1. The van der Waals surface area contributed by atoms with Crippen molar-refractivity contribution in [2.75, 3.05) is 18.9 Å². The molecular weight excluding hydrogens is 294 g/mol. The lowest BCUT2D eigenvalue weighted by atomic mass is 10.2. The standard InChI is InChI=1S/C15H14ClNO2S/c16-11-4-2-1-3-10(11)9-20-15-8-14-13(7-12(15)17)18-5-6-19-14/h1-4,7-8H,5-6,9,17H2. The molecule has 1 heterocycles. The monoisotopic (exact) mass is 307 g/mol. The highest BCUT2D eigenvalue weighted by atomic mass is 35.5. The van der Waals surface area contributed by atoms with E-state index in [2.05, 4.69) is 0 Å². The normalized spacial score (nSPS) is 13.2. The van der Waals surface area contributed by atoms with Crippen molar-refractivity contribution in [1.82, 2.24) is 0 Å². The second-order valence-corrected chi connectivity index (χ2v) is 5.84. The number of benzene rings is 2. The second-order valence-electron chi connectivity index (χ2n) is 4.41. The summed E-state index contributed by atoms with van der Waals surface area (Å²) in [5.74, 6) is 2.24. The van der Waals surface area contributed by atoms with E-state index in [0.717, 1.165) is 32.7 Å².